The Hall–Kier alpha value is -6.64. The van der Waals surface area contributed by atoms with Gasteiger partial charge >= 0.3 is 0 Å². The molecule has 0 aliphatic heterocycles. The van der Waals surface area contributed by atoms with Gasteiger partial charge in [-0.3, -0.25) is 0 Å². The first-order valence-electron chi connectivity index (χ1n) is 18.4. The van der Waals surface area contributed by atoms with Gasteiger partial charge in [-0.1, -0.05) is 141 Å². The van der Waals surface area contributed by atoms with E-state index in [0.29, 0.717) is 0 Å². The van der Waals surface area contributed by atoms with E-state index in [1.165, 1.54) is 77.6 Å². The minimum atomic E-state index is -0.193. The van der Waals surface area contributed by atoms with Crippen LogP contribution in [0.1, 0.15) is 25.0 Å². The molecule has 1 aliphatic carbocycles. The van der Waals surface area contributed by atoms with Crippen LogP contribution in [-0.4, -0.2) is 4.57 Å². The number of rotatable bonds is 6. The van der Waals surface area contributed by atoms with Crippen LogP contribution in [0.4, 0.5) is 17.1 Å². The number of fused-ring (bicyclic) bond motifs is 5. The Bertz CT molecular complexity index is 2790. The number of hydrogen-bond donors (Lipinski definition) is 0. The molecule has 1 heterocycles. The quantitative estimate of drug-likeness (QED) is 0.170. The minimum Gasteiger partial charge on any atom is -0.317 e. The van der Waals surface area contributed by atoms with E-state index in [0.717, 1.165) is 11.4 Å². The van der Waals surface area contributed by atoms with Gasteiger partial charge in [0, 0.05) is 39.4 Å². The van der Waals surface area contributed by atoms with Crippen LogP contribution in [0.5, 0.6) is 0 Å². The predicted octanol–water partition coefficient (Wildman–Crippen LogP) is 13.9. The number of aromatic nitrogens is 1. The molecule has 10 rings (SSSR count). The second-order valence-corrected chi connectivity index (χ2v) is 14.7. The highest BCUT2D eigenvalue weighted by molar-refractivity contribution is 5.99. The SMILES string of the molecule is CC1(C)c2cc(N(c3ccc(-c4ccccc4)cc3)c3cccc4ccccc34)ccc2-c2ccc(-n3ccc4cc(-c5ccccc5)ccc43)cc21. The molecule has 1 aromatic heterocycles. The van der Waals surface area contributed by atoms with Gasteiger partial charge in [0.25, 0.3) is 0 Å². The highest BCUT2D eigenvalue weighted by Crippen LogP contribution is 2.51. The van der Waals surface area contributed by atoms with Gasteiger partial charge in [0.15, 0.2) is 0 Å². The smallest absolute Gasteiger partial charge is 0.0540 e. The summed E-state index contributed by atoms with van der Waals surface area (Å²) in [7, 11) is 0. The Labute approximate surface area is 310 Å². The van der Waals surface area contributed by atoms with E-state index in [9.17, 15) is 0 Å². The summed E-state index contributed by atoms with van der Waals surface area (Å²) >= 11 is 0. The lowest BCUT2D eigenvalue weighted by atomic mass is 9.82. The highest BCUT2D eigenvalue weighted by Gasteiger charge is 2.36. The first-order chi connectivity index (χ1) is 26.0. The summed E-state index contributed by atoms with van der Waals surface area (Å²) in [5, 5.41) is 3.69. The molecule has 0 N–H and O–H groups in total. The van der Waals surface area contributed by atoms with Gasteiger partial charge in [-0.15, -0.1) is 0 Å². The van der Waals surface area contributed by atoms with Gasteiger partial charge in [-0.05, 0) is 111 Å². The Balaban J connectivity index is 1.06. The predicted molar refractivity (Wildman–Crippen MR) is 224 cm³/mol. The van der Waals surface area contributed by atoms with Gasteiger partial charge in [0.05, 0.1) is 11.2 Å². The zero-order valence-corrected chi connectivity index (χ0v) is 29.9. The van der Waals surface area contributed by atoms with Crippen molar-refractivity contribution in [3.8, 4) is 39.1 Å². The topological polar surface area (TPSA) is 8.17 Å². The summed E-state index contributed by atoms with van der Waals surface area (Å²) in [4.78, 5) is 2.43. The molecule has 8 aromatic carbocycles. The second-order valence-electron chi connectivity index (χ2n) is 14.7. The van der Waals surface area contributed by atoms with Crippen LogP contribution >= 0.6 is 0 Å². The zero-order chi connectivity index (χ0) is 35.5. The maximum Gasteiger partial charge on any atom is 0.0540 e. The van der Waals surface area contributed by atoms with Gasteiger partial charge < -0.3 is 9.47 Å². The van der Waals surface area contributed by atoms with Crippen molar-refractivity contribution in [2.24, 2.45) is 0 Å². The normalized spacial score (nSPS) is 12.9. The third-order valence-corrected chi connectivity index (χ3v) is 11.2. The molecule has 252 valence electrons. The van der Waals surface area contributed by atoms with E-state index < -0.39 is 0 Å². The standard InChI is InChI=1S/C51H38N2/c1-51(2)47-33-42(52-31-30-40-32-39(22-29-49(40)52)36-14-7-4-8-15-36)25-27-45(47)46-28-26-43(34-48(46)51)53(50-19-11-17-38-16-9-10-18-44(38)50)41-23-20-37(21-24-41)35-12-5-3-6-13-35/h3-34H,1-2H3. The van der Waals surface area contributed by atoms with Crippen molar-refractivity contribution in [2.75, 3.05) is 4.90 Å². The lowest BCUT2D eigenvalue weighted by Crippen LogP contribution is -2.17. The van der Waals surface area contributed by atoms with Crippen LogP contribution in [0.3, 0.4) is 0 Å². The van der Waals surface area contributed by atoms with E-state index in [4.69, 9.17) is 0 Å². The van der Waals surface area contributed by atoms with Crippen LogP contribution in [-0.2, 0) is 5.41 Å². The fourth-order valence-corrected chi connectivity index (χ4v) is 8.44. The number of hydrogen-bond acceptors (Lipinski definition) is 1. The van der Waals surface area contributed by atoms with Crippen LogP contribution < -0.4 is 4.90 Å². The lowest BCUT2D eigenvalue weighted by molar-refractivity contribution is 0.660. The molecular weight excluding hydrogens is 641 g/mol. The molecule has 0 spiro atoms. The summed E-state index contributed by atoms with van der Waals surface area (Å²) in [6.45, 7) is 4.75. The Morgan fingerprint density at radius 2 is 1.04 bits per heavy atom. The van der Waals surface area contributed by atoms with Crippen molar-refractivity contribution in [3.05, 3.63) is 205 Å². The van der Waals surface area contributed by atoms with Gasteiger partial charge in [-0.25, -0.2) is 0 Å². The molecule has 0 unspecified atom stereocenters. The molecule has 0 bridgehead atoms. The largest absolute Gasteiger partial charge is 0.317 e. The van der Waals surface area contributed by atoms with Crippen LogP contribution in [0, 0.1) is 0 Å². The summed E-state index contributed by atoms with van der Waals surface area (Å²) < 4.78 is 2.33. The summed E-state index contributed by atoms with van der Waals surface area (Å²) in [5.74, 6) is 0. The van der Waals surface area contributed by atoms with Crippen LogP contribution in [0.2, 0.25) is 0 Å². The van der Waals surface area contributed by atoms with Crippen molar-refractivity contribution in [2.45, 2.75) is 19.3 Å². The molecule has 0 amide bonds. The summed E-state index contributed by atoms with van der Waals surface area (Å²) in [6, 6.07) is 68.6. The van der Waals surface area contributed by atoms with E-state index in [-0.39, 0.29) is 5.41 Å². The van der Waals surface area contributed by atoms with Crippen LogP contribution in [0.25, 0.3) is 60.7 Å². The molecule has 0 radical (unpaired) electrons. The zero-order valence-electron chi connectivity index (χ0n) is 29.9. The molecule has 0 atom stereocenters. The number of anilines is 3. The first kappa shape index (κ1) is 31.1. The lowest BCUT2D eigenvalue weighted by Gasteiger charge is -2.29. The van der Waals surface area contributed by atoms with E-state index in [1.807, 2.05) is 0 Å². The molecule has 0 saturated carbocycles. The molecular formula is C51H38N2. The van der Waals surface area contributed by atoms with Crippen molar-refractivity contribution >= 4 is 38.7 Å². The van der Waals surface area contributed by atoms with Crippen molar-refractivity contribution in [1.82, 2.24) is 4.57 Å². The molecule has 9 aromatic rings. The monoisotopic (exact) mass is 678 g/mol. The fourth-order valence-electron chi connectivity index (χ4n) is 8.44. The summed E-state index contributed by atoms with van der Waals surface area (Å²) in [5.41, 5.74) is 15.9. The molecule has 1 aliphatic rings. The minimum absolute atomic E-state index is 0.193. The van der Waals surface area contributed by atoms with E-state index in [2.05, 4.69) is 218 Å². The Morgan fingerprint density at radius 1 is 0.434 bits per heavy atom. The van der Waals surface area contributed by atoms with Gasteiger partial charge in [0.1, 0.15) is 0 Å². The Morgan fingerprint density at radius 3 is 1.81 bits per heavy atom. The average Bonchev–Trinajstić information content (AvgIpc) is 3.74. The maximum atomic E-state index is 2.43. The molecule has 0 fully saturated rings. The molecule has 2 nitrogen and oxygen atoms in total. The number of nitrogens with zero attached hydrogens (tertiary/aromatic N) is 2. The van der Waals surface area contributed by atoms with Crippen molar-refractivity contribution < 1.29 is 0 Å². The third kappa shape index (κ3) is 5.18. The summed E-state index contributed by atoms with van der Waals surface area (Å²) in [6.07, 6.45) is 2.21. The molecule has 53 heavy (non-hydrogen) atoms. The van der Waals surface area contributed by atoms with Crippen molar-refractivity contribution in [1.29, 1.82) is 0 Å². The van der Waals surface area contributed by atoms with E-state index in [1.54, 1.807) is 0 Å². The second kappa shape index (κ2) is 12.3. The van der Waals surface area contributed by atoms with Gasteiger partial charge in [0.2, 0.25) is 0 Å². The maximum absolute atomic E-state index is 2.43. The van der Waals surface area contributed by atoms with Crippen LogP contribution in [0.15, 0.2) is 194 Å². The highest BCUT2D eigenvalue weighted by atomic mass is 15.1. The van der Waals surface area contributed by atoms with Gasteiger partial charge in [-0.2, -0.15) is 0 Å². The first-order valence-corrected chi connectivity index (χ1v) is 18.4. The van der Waals surface area contributed by atoms with E-state index >= 15 is 0 Å². The molecule has 2 heteroatoms. The molecule has 0 saturated heterocycles. The van der Waals surface area contributed by atoms with Crippen molar-refractivity contribution in [3.63, 3.8) is 0 Å². The Kier molecular flexibility index (Phi) is 7.19. The average molecular weight is 679 g/mol. The fraction of sp³-hybridized carbons (Fsp3) is 0.0588. The third-order valence-electron chi connectivity index (χ3n) is 11.2. The number of benzene rings is 8.